The van der Waals surface area contributed by atoms with E-state index in [2.05, 4.69) is 0 Å². The lowest BCUT2D eigenvalue weighted by Gasteiger charge is -2.35. The Morgan fingerprint density at radius 3 is 2.72 bits per heavy atom. The number of carboxylic acid groups (broad SMARTS) is 1. The molecule has 3 aliphatic heterocycles. The number of likely N-dealkylation sites (tertiary alicyclic amines) is 1. The third kappa shape index (κ3) is 2.28. The Bertz CT molecular complexity index is 778. The van der Waals surface area contributed by atoms with Crippen LogP contribution in [0.5, 0.6) is 0 Å². The van der Waals surface area contributed by atoms with Gasteiger partial charge in [0, 0.05) is 16.9 Å². The summed E-state index contributed by atoms with van der Waals surface area (Å²) in [7, 11) is 0. The van der Waals surface area contributed by atoms with Gasteiger partial charge in [-0.3, -0.25) is 9.59 Å². The third-order valence-corrected chi connectivity index (χ3v) is 6.87. The number of hydrogen-bond acceptors (Lipinski definition) is 5. The Morgan fingerprint density at radius 2 is 2.00 bits per heavy atom. The first-order valence-electron chi connectivity index (χ1n) is 8.43. The molecule has 2 amide bonds. The maximum absolute atomic E-state index is 13.2. The Kier molecular flexibility index (Phi) is 3.61. The minimum absolute atomic E-state index is 0.152. The molecule has 6 nitrogen and oxygen atoms in total. The van der Waals surface area contributed by atoms with Crippen molar-refractivity contribution in [2.24, 2.45) is 0 Å². The first kappa shape index (κ1) is 16.4. The van der Waals surface area contributed by atoms with Gasteiger partial charge >= 0.3 is 0 Å². The van der Waals surface area contributed by atoms with Gasteiger partial charge in [-0.2, -0.15) is 0 Å². The zero-order valence-corrected chi connectivity index (χ0v) is 14.9. The monoisotopic (exact) mass is 359 g/mol. The van der Waals surface area contributed by atoms with Crippen molar-refractivity contribution in [1.29, 1.82) is 0 Å². The molecule has 25 heavy (non-hydrogen) atoms. The molecule has 0 aromatic heterocycles. The topological polar surface area (TPSA) is 80.8 Å². The maximum atomic E-state index is 13.2. The average molecular weight is 359 g/mol. The van der Waals surface area contributed by atoms with Crippen LogP contribution in [0, 0.1) is 0 Å². The maximum Gasteiger partial charge on any atom is 0.256 e. The average Bonchev–Trinajstić information content (AvgIpc) is 3.21. The molecule has 0 aliphatic carbocycles. The van der Waals surface area contributed by atoms with E-state index in [1.807, 2.05) is 32.0 Å². The molecule has 7 heteroatoms. The van der Waals surface area contributed by atoms with Crippen LogP contribution in [0.4, 0.5) is 0 Å². The number of rotatable bonds is 2. The van der Waals surface area contributed by atoms with Crippen LogP contribution in [0.2, 0.25) is 0 Å². The van der Waals surface area contributed by atoms with Crippen LogP contribution in [-0.4, -0.2) is 51.0 Å². The smallest absolute Gasteiger partial charge is 0.256 e. The first-order chi connectivity index (χ1) is 11.8. The Labute approximate surface area is 150 Å². The highest BCUT2D eigenvalue weighted by atomic mass is 32.2. The molecule has 0 N–H and O–H groups in total. The SMILES string of the molecule is CC1(C)S[C@@H]2c3ccccc3C(=O)N2[C@@H]1C(=O)N1CCC[C@H]1C(=O)[O-]. The Hall–Kier alpha value is -2.02. The molecule has 1 aromatic rings. The standard InChI is InChI=1S/C18H20N2O4S/c1-18(2)13(15(22)19-9-5-8-12(19)17(23)24)20-14(21)10-6-3-4-7-11(10)16(20)25-18/h3-4,6-7,12-13,16H,5,8-9H2,1-2H3,(H,23,24)/p-1/t12-,13+,16+/m0/s1. The largest absolute Gasteiger partial charge is 0.548 e. The molecule has 4 rings (SSSR count). The van der Waals surface area contributed by atoms with Gasteiger partial charge in [0.1, 0.15) is 11.4 Å². The number of carbonyl (C=O) groups is 3. The fourth-order valence-corrected chi connectivity index (χ4v) is 5.79. The summed E-state index contributed by atoms with van der Waals surface area (Å²) in [6.45, 7) is 4.28. The van der Waals surface area contributed by atoms with Crippen LogP contribution < -0.4 is 5.11 Å². The molecule has 3 heterocycles. The van der Waals surface area contributed by atoms with E-state index in [1.54, 1.807) is 22.7 Å². The molecule has 0 unspecified atom stereocenters. The van der Waals surface area contributed by atoms with E-state index >= 15 is 0 Å². The summed E-state index contributed by atoms with van der Waals surface area (Å²) in [6.07, 6.45) is 1.05. The molecular weight excluding hydrogens is 340 g/mol. The number of aliphatic carboxylic acids is 1. The van der Waals surface area contributed by atoms with Crippen LogP contribution in [0.3, 0.4) is 0 Å². The number of fused-ring (bicyclic) bond motifs is 3. The number of hydrogen-bond donors (Lipinski definition) is 0. The van der Waals surface area contributed by atoms with Gasteiger partial charge in [-0.05, 0) is 38.3 Å². The summed E-state index contributed by atoms with van der Waals surface area (Å²) in [5.74, 6) is -1.66. The summed E-state index contributed by atoms with van der Waals surface area (Å²) in [5.41, 5.74) is 1.56. The third-order valence-electron chi connectivity index (χ3n) is 5.34. The predicted molar refractivity (Wildman–Crippen MR) is 90.6 cm³/mol. The van der Waals surface area contributed by atoms with Gasteiger partial charge in [0.25, 0.3) is 5.91 Å². The van der Waals surface area contributed by atoms with Crippen molar-refractivity contribution >= 4 is 29.5 Å². The predicted octanol–water partition coefficient (Wildman–Crippen LogP) is 0.776. The minimum Gasteiger partial charge on any atom is -0.548 e. The summed E-state index contributed by atoms with van der Waals surface area (Å²) >= 11 is 1.58. The fraction of sp³-hybridized carbons (Fsp3) is 0.500. The second kappa shape index (κ2) is 5.49. The van der Waals surface area contributed by atoms with Crippen LogP contribution in [0.15, 0.2) is 24.3 Å². The summed E-state index contributed by atoms with van der Waals surface area (Å²) < 4.78 is -0.496. The van der Waals surface area contributed by atoms with E-state index in [4.69, 9.17) is 0 Å². The molecule has 1 aromatic carbocycles. The number of benzene rings is 1. The molecule has 2 fully saturated rings. The molecule has 0 saturated carbocycles. The second-order valence-corrected chi connectivity index (χ2v) is 9.02. The van der Waals surface area contributed by atoms with Crippen LogP contribution >= 0.6 is 11.8 Å². The van der Waals surface area contributed by atoms with Crippen molar-refractivity contribution in [2.75, 3.05) is 6.54 Å². The van der Waals surface area contributed by atoms with Crippen LogP contribution in [0.25, 0.3) is 0 Å². The van der Waals surface area contributed by atoms with Crippen LogP contribution in [0.1, 0.15) is 48.0 Å². The highest BCUT2D eigenvalue weighted by molar-refractivity contribution is 8.01. The summed E-state index contributed by atoms with van der Waals surface area (Å²) in [6, 6.07) is 5.84. The van der Waals surface area contributed by atoms with Gasteiger partial charge in [0.05, 0.1) is 12.0 Å². The Balaban J connectivity index is 1.71. The zero-order valence-electron chi connectivity index (χ0n) is 14.1. The van der Waals surface area contributed by atoms with Crippen molar-refractivity contribution in [3.8, 4) is 0 Å². The molecule has 2 saturated heterocycles. The number of nitrogens with zero attached hydrogens (tertiary/aromatic N) is 2. The van der Waals surface area contributed by atoms with Gasteiger partial charge in [0.2, 0.25) is 5.91 Å². The molecular formula is C18H19N2O4S-. The van der Waals surface area contributed by atoms with Crippen LogP contribution in [-0.2, 0) is 9.59 Å². The minimum atomic E-state index is -1.22. The van der Waals surface area contributed by atoms with Gasteiger partial charge < -0.3 is 19.7 Å². The second-order valence-electron chi connectivity index (χ2n) is 7.28. The first-order valence-corrected chi connectivity index (χ1v) is 9.31. The van der Waals surface area contributed by atoms with E-state index in [0.29, 0.717) is 24.9 Å². The van der Waals surface area contributed by atoms with Crippen molar-refractivity contribution in [2.45, 2.75) is 48.9 Å². The van der Waals surface area contributed by atoms with E-state index < -0.39 is 22.8 Å². The summed E-state index contributed by atoms with van der Waals surface area (Å²) in [4.78, 5) is 40.6. The molecule has 3 aliphatic rings. The normalized spacial score (nSPS) is 29.7. The van der Waals surface area contributed by atoms with Gasteiger partial charge in [-0.15, -0.1) is 11.8 Å². The molecule has 132 valence electrons. The van der Waals surface area contributed by atoms with Gasteiger partial charge in [-0.1, -0.05) is 18.2 Å². The van der Waals surface area contributed by atoms with E-state index in [0.717, 1.165) is 5.56 Å². The molecule has 3 atom stereocenters. The van der Waals surface area contributed by atoms with Crippen molar-refractivity contribution in [3.63, 3.8) is 0 Å². The molecule has 0 bridgehead atoms. The van der Waals surface area contributed by atoms with E-state index in [1.165, 1.54) is 4.90 Å². The van der Waals surface area contributed by atoms with Crippen molar-refractivity contribution in [1.82, 2.24) is 9.80 Å². The summed E-state index contributed by atoms with van der Waals surface area (Å²) in [5, 5.41) is 11.2. The lowest BCUT2D eigenvalue weighted by molar-refractivity contribution is -0.310. The lowest BCUT2D eigenvalue weighted by Crippen LogP contribution is -2.57. The van der Waals surface area contributed by atoms with E-state index in [-0.39, 0.29) is 17.2 Å². The van der Waals surface area contributed by atoms with E-state index in [9.17, 15) is 19.5 Å². The quantitative estimate of drug-likeness (QED) is 0.779. The molecule has 0 radical (unpaired) electrons. The van der Waals surface area contributed by atoms with Gasteiger partial charge in [0.15, 0.2) is 0 Å². The van der Waals surface area contributed by atoms with Crippen molar-refractivity contribution < 1.29 is 19.5 Å². The number of carboxylic acids is 1. The molecule has 0 spiro atoms. The fourth-order valence-electron chi connectivity index (χ4n) is 4.21. The highest BCUT2D eigenvalue weighted by Crippen LogP contribution is 2.57. The lowest BCUT2D eigenvalue weighted by atomic mass is 9.99. The van der Waals surface area contributed by atoms with Gasteiger partial charge in [-0.25, -0.2) is 0 Å². The number of thioether (sulfide) groups is 1. The highest BCUT2D eigenvalue weighted by Gasteiger charge is 2.58. The number of carbonyl (C=O) groups excluding carboxylic acids is 3. The van der Waals surface area contributed by atoms with Crippen molar-refractivity contribution in [3.05, 3.63) is 35.4 Å². The number of amides is 2. The Morgan fingerprint density at radius 1 is 1.28 bits per heavy atom. The zero-order chi connectivity index (χ0) is 17.9.